The molecule has 0 saturated heterocycles. The minimum Gasteiger partial charge on any atom is -0.480 e. The number of carbonyl (C=O) groups is 3. The van der Waals surface area contributed by atoms with E-state index in [4.69, 9.17) is 4.74 Å². The van der Waals surface area contributed by atoms with Crippen LogP contribution in [0.1, 0.15) is 31.4 Å². The van der Waals surface area contributed by atoms with Crippen LogP contribution in [0.3, 0.4) is 0 Å². The first-order valence-electron chi connectivity index (χ1n) is 11.4. The van der Waals surface area contributed by atoms with Gasteiger partial charge in [-0.25, -0.2) is 13.2 Å². The summed E-state index contributed by atoms with van der Waals surface area (Å²) in [6, 6.07) is 12.2. The first kappa shape index (κ1) is 26.4. The minimum absolute atomic E-state index is 0.0920. The van der Waals surface area contributed by atoms with Crippen molar-refractivity contribution in [2.45, 2.75) is 56.3 Å². The fraction of sp³-hybridized carbons (Fsp3) is 0.400. The molecule has 0 fully saturated rings. The third-order valence-electron chi connectivity index (χ3n) is 5.99. The van der Waals surface area contributed by atoms with Crippen LogP contribution >= 0.6 is 0 Å². The molecule has 1 aliphatic heterocycles. The number of fused-ring (bicyclic) bond motifs is 1. The van der Waals surface area contributed by atoms with E-state index >= 15 is 0 Å². The maximum atomic E-state index is 13.3. The molecule has 0 aromatic heterocycles. The van der Waals surface area contributed by atoms with Crippen molar-refractivity contribution in [1.29, 1.82) is 0 Å². The van der Waals surface area contributed by atoms with E-state index in [0.29, 0.717) is 0 Å². The smallest absolute Gasteiger partial charge is 0.326 e. The summed E-state index contributed by atoms with van der Waals surface area (Å²) in [5.74, 6) is -2.61. The molecule has 3 rings (SSSR count). The summed E-state index contributed by atoms with van der Waals surface area (Å²) in [6.45, 7) is 3.38. The van der Waals surface area contributed by atoms with Crippen LogP contribution in [0.4, 0.5) is 0 Å². The Balaban J connectivity index is 1.75. The topological polar surface area (TPSA) is 130 Å². The molecule has 188 valence electrons. The van der Waals surface area contributed by atoms with E-state index in [-0.39, 0.29) is 36.6 Å². The summed E-state index contributed by atoms with van der Waals surface area (Å²) >= 11 is 0. The average Bonchev–Trinajstić information content (AvgIpc) is 2.85. The molecule has 2 unspecified atom stereocenters. The molecule has 0 aliphatic carbocycles. The minimum atomic E-state index is -3.65. The molecule has 0 saturated carbocycles. The first-order chi connectivity index (χ1) is 16.6. The second-order valence-corrected chi connectivity index (χ2v) is 10.5. The normalized spacial score (nSPS) is 17.2. The van der Waals surface area contributed by atoms with E-state index in [1.54, 1.807) is 25.1 Å². The molecule has 2 aromatic rings. The maximum absolute atomic E-state index is 13.3. The Morgan fingerprint density at radius 3 is 2.34 bits per heavy atom. The second kappa shape index (κ2) is 11.5. The lowest BCUT2D eigenvalue weighted by Crippen LogP contribution is -2.56. The molecule has 10 heteroatoms. The van der Waals surface area contributed by atoms with Crippen LogP contribution in [0.25, 0.3) is 0 Å². The van der Waals surface area contributed by atoms with Gasteiger partial charge in [0.1, 0.15) is 12.1 Å². The zero-order valence-electron chi connectivity index (χ0n) is 19.7. The van der Waals surface area contributed by atoms with Crippen molar-refractivity contribution in [1.82, 2.24) is 10.2 Å². The molecule has 0 spiro atoms. The number of rotatable bonds is 10. The largest absolute Gasteiger partial charge is 0.480 e. The lowest BCUT2D eigenvalue weighted by Gasteiger charge is -2.36. The molecule has 1 aliphatic rings. The van der Waals surface area contributed by atoms with E-state index < -0.39 is 45.8 Å². The van der Waals surface area contributed by atoms with Crippen molar-refractivity contribution in [2.75, 3.05) is 12.4 Å². The van der Waals surface area contributed by atoms with Gasteiger partial charge < -0.3 is 14.7 Å². The van der Waals surface area contributed by atoms with Gasteiger partial charge in [0.25, 0.3) is 0 Å². The predicted molar refractivity (Wildman–Crippen MR) is 128 cm³/mol. The summed E-state index contributed by atoms with van der Waals surface area (Å²) in [5.41, 5.74) is 1.74. The SMILES string of the molecule is CCOC(=O)C(CCS(=O)(=O)c1ccccc1)N[C@@H](C)C(=O)N1Cc2ccccc2CC1C(=O)O. The Hall–Kier alpha value is -3.24. The molecule has 35 heavy (non-hydrogen) atoms. The Morgan fingerprint density at radius 2 is 1.71 bits per heavy atom. The molecule has 1 heterocycles. The van der Waals surface area contributed by atoms with Crippen molar-refractivity contribution in [3.8, 4) is 0 Å². The summed E-state index contributed by atoms with van der Waals surface area (Å²) < 4.78 is 30.5. The summed E-state index contributed by atoms with van der Waals surface area (Å²) in [6.07, 6.45) is 0.0689. The van der Waals surface area contributed by atoms with Crippen LogP contribution in [0.5, 0.6) is 0 Å². The van der Waals surface area contributed by atoms with E-state index in [0.717, 1.165) is 11.1 Å². The molecule has 3 atom stereocenters. The van der Waals surface area contributed by atoms with Gasteiger partial charge in [0.05, 0.1) is 23.3 Å². The number of nitrogens with one attached hydrogen (secondary N) is 1. The summed E-state index contributed by atoms with van der Waals surface area (Å²) in [7, 11) is -3.65. The zero-order valence-corrected chi connectivity index (χ0v) is 20.5. The van der Waals surface area contributed by atoms with Crippen LogP contribution < -0.4 is 5.32 Å². The Bertz CT molecular complexity index is 1170. The van der Waals surface area contributed by atoms with Crippen molar-refractivity contribution in [3.63, 3.8) is 0 Å². The molecule has 9 nitrogen and oxygen atoms in total. The van der Waals surface area contributed by atoms with E-state index in [2.05, 4.69) is 5.32 Å². The average molecular weight is 503 g/mol. The van der Waals surface area contributed by atoms with E-state index in [1.165, 1.54) is 24.0 Å². The van der Waals surface area contributed by atoms with Crippen molar-refractivity contribution < 1.29 is 32.6 Å². The van der Waals surface area contributed by atoms with Crippen LogP contribution in [-0.4, -0.2) is 66.8 Å². The number of esters is 1. The first-order valence-corrected chi connectivity index (χ1v) is 13.1. The second-order valence-electron chi connectivity index (χ2n) is 8.41. The third-order valence-corrected chi connectivity index (χ3v) is 7.75. The molecular formula is C25H30N2O7S. The summed E-state index contributed by atoms with van der Waals surface area (Å²) in [5, 5.41) is 12.6. The number of benzene rings is 2. The van der Waals surface area contributed by atoms with Gasteiger partial charge in [0.15, 0.2) is 9.84 Å². The number of amides is 1. The highest BCUT2D eigenvalue weighted by atomic mass is 32.2. The van der Waals surface area contributed by atoms with Gasteiger partial charge in [-0.1, -0.05) is 42.5 Å². The number of hydrogen-bond donors (Lipinski definition) is 2. The van der Waals surface area contributed by atoms with Crippen molar-refractivity contribution in [2.24, 2.45) is 0 Å². The highest BCUT2D eigenvalue weighted by Gasteiger charge is 2.37. The van der Waals surface area contributed by atoms with Gasteiger partial charge in [-0.3, -0.25) is 14.9 Å². The molecule has 2 N–H and O–H groups in total. The van der Waals surface area contributed by atoms with Crippen LogP contribution in [0.15, 0.2) is 59.5 Å². The zero-order chi connectivity index (χ0) is 25.6. The van der Waals surface area contributed by atoms with E-state index in [9.17, 15) is 27.9 Å². The number of carboxylic acids is 1. The molecule has 0 radical (unpaired) electrons. The molecule has 0 bridgehead atoms. The quantitative estimate of drug-likeness (QED) is 0.471. The standard InChI is InChI=1S/C25H30N2O7S/c1-3-34-25(31)21(13-14-35(32,33)20-11-5-4-6-12-20)26-17(2)23(28)27-16-19-10-8-7-9-18(19)15-22(27)24(29)30/h4-12,17,21-22,26H,3,13-16H2,1-2H3,(H,29,30)/t17-,21?,22?/m0/s1. The van der Waals surface area contributed by atoms with Crippen LogP contribution in [0.2, 0.25) is 0 Å². The summed E-state index contributed by atoms with van der Waals surface area (Å²) in [4.78, 5) is 39.2. The number of carbonyl (C=O) groups excluding carboxylic acids is 2. The number of aliphatic carboxylic acids is 1. The maximum Gasteiger partial charge on any atom is 0.326 e. The molecule has 1 amide bonds. The highest BCUT2D eigenvalue weighted by molar-refractivity contribution is 7.91. The lowest BCUT2D eigenvalue weighted by molar-refractivity contribution is -0.153. The van der Waals surface area contributed by atoms with Gasteiger partial charge in [-0.2, -0.15) is 0 Å². The molecular weight excluding hydrogens is 472 g/mol. The monoisotopic (exact) mass is 502 g/mol. The van der Waals surface area contributed by atoms with Gasteiger partial charge in [0, 0.05) is 13.0 Å². The number of ether oxygens (including phenoxy) is 1. The third kappa shape index (κ3) is 6.46. The van der Waals surface area contributed by atoms with Gasteiger partial charge in [-0.05, 0) is 43.5 Å². The lowest BCUT2D eigenvalue weighted by atomic mass is 9.93. The fourth-order valence-electron chi connectivity index (χ4n) is 4.13. The van der Waals surface area contributed by atoms with Gasteiger partial charge >= 0.3 is 11.9 Å². The van der Waals surface area contributed by atoms with Gasteiger partial charge in [0.2, 0.25) is 5.91 Å². The van der Waals surface area contributed by atoms with Crippen molar-refractivity contribution in [3.05, 3.63) is 65.7 Å². The van der Waals surface area contributed by atoms with Crippen LogP contribution in [0, 0.1) is 0 Å². The Morgan fingerprint density at radius 1 is 1.09 bits per heavy atom. The highest BCUT2D eigenvalue weighted by Crippen LogP contribution is 2.24. The Labute approximate surface area is 205 Å². The Kier molecular flexibility index (Phi) is 8.63. The fourth-order valence-corrected chi connectivity index (χ4v) is 5.48. The number of nitrogens with zero attached hydrogens (tertiary/aromatic N) is 1. The van der Waals surface area contributed by atoms with E-state index in [1.807, 2.05) is 24.3 Å². The number of carboxylic acid groups (broad SMARTS) is 1. The predicted octanol–water partition coefficient (Wildman–Crippen LogP) is 1.80. The van der Waals surface area contributed by atoms with Crippen LogP contribution in [-0.2, 0) is 41.9 Å². The van der Waals surface area contributed by atoms with Crippen molar-refractivity contribution >= 4 is 27.7 Å². The number of hydrogen-bond acceptors (Lipinski definition) is 7. The molecule has 2 aromatic carbocycles. The van der Waals surface area contributed by atoms with Gasteiger partial charge in [-0.15, -0.1) is 0 Å². The number of sulfone groups is 1.